The van der Waals surface area contributed by atoms with Crippen molar-refractivity contribution in [1.82, 2.24) is 20.1 Å². The number of hydrogen-bond acceptors (Lipinski definition) is 7. The lowest BCUT2D eigenvalue weighted by molar-refractivity contribution is -0.139. The molecule has 0 aliphatic carbocycles. The summed E-state index contributed by atoms with van der Waals surface area (Å²) in [7, 11) is 0. The Balaban J connectivity index is 1.20. The molecule has 2 saturated heterocycles. The highest BCUT2D eigenvalue weighted by atomic mass is 16.4. The average Bonchev–Trinajstić information content (AvgIpc) is 3.46. The summed E-state index contributed by atoms with van der Waals surface area (Å²) in [5, 5.41) is 2.89. The second-order valence-corrected chi connectivity index (χ2v) is 7.95. The third-order valence-electron chi connectivity index (χ3n) is 5.96. The van der Waals surface area contributed by atoms with Crippen LogP contribution in [0, 0.1) is 0 Å². The first kappa shape index (κ1) is 19.6. The molecular weight excluding hydrogens is 398 g/mol. The molecule has 9 heteroatoms. The van der Waals surface area contributed by atoms with Gasteiger partial charge in [0.1, 0.15) is 5.52 Å². The van der Waals surface area contributed by atoms with Crippen LogP contribution in [-0.2, 0) is 16.1 Å². The van der Waals surface area contributed by atoms with Crippen LogP contribution < -0.4 is 10.2 Å². The molecule has 0 saturated carbocycles. The highest BCUT2D eigenvalue weighted by Crippen LogP contribution is 2.23. The van der Waals surface area contributed by atoms with Crippen LogP contribution in [0.2, 0.25) is 0 Å². The molecule has 1 N–H and O–H groups in total. The van der Waals surface area contributed by atoms with Crippen LogP contribution in [0.3, 0.4) is 0 Å². The number of amides is 2. The zero-order chi connectivity index (χ0) is 21.2. The van der Waals surface area contributed by atoms with Gasteiger partial charge in [-0.2, -0.15) is 4.98 Å². The van der Waals surface area contributed by atoms with Gasteiger partial charge in [0.05, 0.1) is 25.0 Å². The second-order valence-electron chi connectivity index (χ2n) is 7.95. The van der Waals surface area contributed by atoms with Crippen molar-refractivity contribution < 1.29 is 18.4 Å². The maximum Gasteiger partial charge on any atom is 0.298 e. The predicted octanol–water partition coefficient (Wildman–Crippen LogP) is 1.46. The molecule has 0 radical (unpaired) electrons. The van der Waals surface area contributed by atoms with Gasteiger partial charge in [-0.1, -0.05) is 12.1 Å². The third-order valence-corrected chi connectivity index (χ3v) is 5.96. The Morgan fingerprint density at radius 3 is 2.74 bits per heavy atom. The number of aromatic nitrogens is 1. The third kappa shape index (κ3) is 4.13. The summed E-state index contributed by atoms with van der Waals surface area (Å²) >= 11 is 0. The van der Waals surface area contributed by atoms with Crippen LogP contribution in [0.4, 0.5) is 6.01 Å². The lowest BCUT2D eigenvalue weighted by Gasteiger charge is -2.37. The maximum absolute atomic E-state index is 13.0. The Morgan fingerprint density at radius 1 is 1.13 bits per heavy atom. The van der Waals surface area contributed by atoms with Gasteiger partial charge in [-0.3, -0.25) is 14.5 Å². The number of fused-ring (bicyclic) bond motifs is 1. The molecule has 2 amide bonds. The van der Waals surface area contributed by atoms with Crippen LogP contribution in [0.15, 0.2) is 51.7 Å². The fourth-order valence-electron chi connectivity index (χ4n) is 4.23. The monoisotopic (exact) mass is 423 g/mol. The molecular formula is C22H25N5O4. The van der Waals surface area contributed by atoms with Gasteiger partial charge in [0, 0.05) is 51.4 Å². The number of anilines is 1. The van der Waals surface area contributed by atoms with Gasteiger partial charge in [-0.15, -0.1) is 0 Å². The highest BCUT2D eigenvalue weighted by Gasteiger charge is 2.34. The largest absolute Gasteiger partial charge is 0.472 e. The molecule has 31 heavy (non-hydrogen) atoms. The number of carbonyl (C=O) groups is 2. The highest BCUT2D eigenvalue weighted by molar-refractivity contribution is 5.89. The summed E-state index contributed by atoms with van der Waals surface area (Å²) in [6.07, 6.45) is 3.47. The van der Waals surface area contributed by atoms with Crippen LogP contribution in [0.5, 0.6) is 0 Å². The zero-order valence-corrected chi connectivity index (χ0v) is 17.2. The Bertz CT molecular complexity index is 1020. The van der Waals surface area contributed by atoms with Crippen molar-refractivity contribution in [2.45, 2.75) is 19.0 Å². The number of benzene rings is 1. The topological polar surface area (TPSA) is 95.1 Å². The SMILES string of the molecule is O=C1NCCN(Cc2ccoc2)C1CC(=O)N1CCN(c2nc3ccccc3o2)CC1. The summed E-state index contributed by atoms with van der Waals surface area (Å²) < 4.78 is 11.0. The van der Waals surface area contributed by atoms with E-state index in [1.165, 1.54) is 0 Å². The summed E-state index contributed by atoms with van der Waals surface area (Å²) in [6.45, 7) is 4.34. The van der Waals surface area contributed by atoms with Crippen molar-refractivity contribution in [3.63, 3.8) is 0 Å². The maximum atomic E-state index is 13.0. The molecule has 2 aliphatic heterocycles. The molecule has 0 spiro atoms. The van der Waals surface area contributed by atoms with E-state index < -0.39 is 6.04 Å². The van der Waals surface area contributed by atoms with Crippen molar-refractivity contribution in [3.8, 4) is 0 Å². The Labute approximate surface area is 179 Å². The summed E-state index contributed by atoms with van der Waals surface area (Å²) in [5.74, 6) is -0.0929. The van der Waals surface area contributed by atoms with Crippen molar-refractivity contribution in [3.05, 3.63) is 48.4 Å². The van der Waals surface area contributed by atoms with Gasteiger partial charge in [-0.25, -0.2) is 0 Å². The van der Waals surface area contributed by atoms with Gasteiger partial charge in [0.2, 0.25) is 11.8 Å². The molecule has 2 aromatic heterocycles. The predicted molar refractivity (Wildman–Crippen MR) is 113 cm³/mol. The molecule has 9 nitrogen and oxygen atoms in total. The number of nitrogens with one attached hydrogen (secondary N) is 1. The first-order chi connectivity index (χ1) is 15.2. The van der Waals surface area contributed by atoms with E-state index in [0.29, 0.717) is 51.8 Å². The van der Waals surface area contributed by atoms with Crippen molar-refractivity contribution >= 4 is 28.9 Å². The smallest absolute Gasteiger partial charge is 0.298 e. The van der Waals surface area contributed by atoms with Gasteiger partial charge in [-0.05, 0) is 18.2 Å². The number of hydrogen-bond donors (Lipinski definition) is 1. The number of para-hydroxylation sites is 2. The molecule has 0 bridgehead atoms. The molecule has 1 unspecified atom stereocenters. The number of piperazine rings is 2. The van der Waals surface area contributed by atoms with Crippen molar-refractivity contribution in [2.75, 3.05) is 44.2 Å². The van der Waals surface area contributed by atoms with E-state index >= 15 is 0 Å². The minimum Gasteiger partial charge on any atom is -0.472 e. The first-order valence-corrected chi connectivity index (χ1v) is 10.6. The Hall–Kier alpha value is -3.33. The standard InChI is InChI=1S/C22H25N5O4/c28-20(13-18-21(29)23-6-7-27(18)14-16-5-12-30-15-16)25-8-10-26(11-9-25)22-24-17-3-1-2-4-19(17)31-22/h1-5,12,15,18H,6-11,13-14H2,(H,23,29). The van der Waals surface area contributed by atoms with E-state index in [-0.39, 0.29) is 18.2 Å². The molecule has 3 aromatic rings. The van der Waals surface area contributed by atoms with Crippen LogP contribution in [0.25, 0.3) is 11.1 Å². The van der Waals surface area contributed by atoms with Gasteiger partial charge >= 0.3 is 0 Å². The van der Waals surface area contributed by atoms with E-state index in [1.54, 1.807) is 12.5 Å². The van der Waals surface area contributed by atoms with Crippen LogP contribution >= 0.6 is 0 Å². The van der Waals surface area contributed by atoms with Crippen molar-refractivity contribution in [2.24, 2.45) is 0 Å². The summed E-state index contributed by atoms with van der Waals surface area (Å²) in [6, 6.07) is 9.69. The fraction of sp³-hybridized carbons (Fsp3) is 0.409. The zero-order valence-electron chi connectivity index (χ0n) is 17.2. The minimum absolute atomic E-state index is 0.00328. The molecule has 1 atom stereocenters. The number of furan rings is 1. The van der Waals surface area contributed by atoms with Gasteiger partial charge < -0.3 is 24.0 Å². The second kappa shape index (κ2) is 8.43. The number of rotatable bonds is 5. The summed E-state index contributed by atoms with van der Waals surface area (Å²) in [4.78, 5) is 36.0. The van der Waals surface area contributed by atoms with E-state index in [0.717, 1.165) is 16.7 Å². The normalized spacial score (nSPS) is 20.3. The Morgan fingerprint density at radius 2 is 1.97 bits per heavy atom. The lowest BCUT2D eigenvalue weighted by atomic mass is 10.1. The molecule has 4 heterocycles. The lowest BCUT2D eigenvalue weighted by Crippen LogP contribution is -2.57. The molecule has 2 fully saturated rings. The molecule has 2 aliphatic rings. The van der Waals surface area contributed by atoms with E-state index in [2.05, 4.69) is 20.1 Å². The molecule has 162 valence electrons. The van der Waals surface area contributed by atoms with Crippen LogP contribution in [-0.4, -0.2) is 71.9 Å². The van der Waals surface area contributed by atoms with E-state index in [4.69, 9.17) is 8.83 Å². The Kier molecular flexibility index (Phi) is 5.33. The number of oxazole rings is 1. The molecule has 5 rings (SSSR count). The van der Waals surface area contributed by atoms with Crippen LogP contribution in [0.1, 0.15) is 12.0 Å². The number of nitrogens with zero attached hydrogens (tertiary/aromatic N) is 4. The first-order valence-electron chi connectivity index (χ1n) is 10.6. The quantitative estimate of drug-likeness (QED) is 0.664. The number of carbonyl (C=O) groups excluding carboxylic acids is 2. The van der Waals surface area contributed by atoms with Gasteiger partial charge in [0.25, 0.3) is 6.01 Å². The van der Waals surface area contributed by atoms with E-state index in [9.17, 15) is 9.59 Å². The summed E-state index contributed by atoms with van der Waals surface area (Å²) in [5.41, 5.74) is 2.59. The van der Waals surface area contributed by atoms with E-state index in [1.807, 2.05) is 35.2 Å². The fourth-order valence-corrected chi connectivity index (χ4v) is 4.23. The molecule has 1 aromatic carbocycles. The van der Waals surface area contributed by atoms with Gasteiger partial charge in [0.15, 0.2) is 5.58 Å². The minimum atomic E-state index is -0.466. The van der Waals surface area contributed by atoms with Crippen molar-refractivity contribution in [1.29, 1.82) is 0 Å². The average molecular weight is 423 g/mol.